The minimum atomic E-state index is -0.851. The third-order valence-electron chi connectivity index (χ3n) is 11.9. The average Bonchev–Trinajstić information content (AvgIpc) is 3.25. The van der Waals surface area contributed by atoms with Crippen LogP contribution in [0, 0.1) is 0 Å². The van der Waals surface area contributed by atoms with Gasteiger partial charge in [-0.2, -0.15) is 0 Å². The smallest absolute Gasteiger partial charge is 0.305 e. The highest BCUT2D eigenvalue weighted by Crippen LogP contribution is 2.15. The second-order valence-corrected chi connectivity index (χ2v) is 17.8. The van der Waals surface area contributed by atoms with Gasteiger partial charge < -0.3 is 20.3 Å². The van der Waals surface area contributed by atoms with Crippen molar-refractivity contribution in [1.29, 1.82) is 0 Å². The molecule has 6 nitrogen and oxygen atoms in total. The number of amides is 1. The summed E-state index contributed by atoms with van der Waals surface area (Å²) in [4.78, 5) is 24.4. The lowest BCUT2D eigenvalue weighted by Gasteiger charge is -2.20. The van der Waals surface area contributed by atoms with Gasteiger partial charge in [0.2, 0.25) is 5.91 Å². The standard InChI is InChI=1S/C54H101NO5/c1-3-5-7-9-11-13-14-15-16-22-25-28-32-36-40-44-48-54(59)60-49-45-41-37-33-29-26-23-20-18-17-19-21-24-27-31-35-39-43-47-53(58)55-51(50-56)52(57)46-42-38-34-30-12-10-8-6-4-2/h16,19,21-22,42,46,51-52,56-57H,3-15,17-18,20,23-41,43-45,47-50H2,1-2H3,(H,55,58)/b21-19-,22-16-,46-42+. The number of carbonyl (C=O) groups excluding carboxylic acids is 2. The molecule has 0 aliphatic rings. The van der Waals surface area contributed by atoms with Gasteiger partial charge in [-0.25, -0.2) is 0 Å². The summed E-state index contributed by atoms with van der Waals surface area (Å²) >= 11 is 0. The third-order valence-corrected chi connectivity index (χ3v) is 11.9. The summed E-state index contributed by atoms with van der Waals surface area (Å²) in [7, 11) is 0. The van der Waals surface area contributed by atoms with Crippen molar-refractivity contribution in [1.82, 2.24) is 5.32 Å². The van der Waals surface area contributed by atoms with Crippen molar-refractivity contribution in [2.75, 3.05) is 13.2 Å². The largest absolute Gasteiger partial charge is 0.466 e. The van der Waals surface area contributed by atoms with Crippen LogP contribution in [0.3, 0.4) is 0 Å². The van der Waals surface area contributed by atoms with Gasteiger partial charge in [-0.3, -0.25) is 9.59 Å². The number of nitrogens with one attached hydrogen (secondary N) is 1. The van der Waals surface area contributed by atoms with Crippen LogP contribution < -0.4 is 5.32 Å². The van der Waals surface area contributed by atoms with Crippen molar-refractivity contribution in [2.24, 2.45) is 0 Å². The fourth-order valence-electron chi connectivity index (χ4n) is 7.80. The van der Waals surface area contributed by atoms with E-state index in [4.69, 9.17) is 4.74 Å². The number of aliphatic hydroxyl groups is 2. The van der Waals surface area contributed by atoms with Crippen LogP contribution in [0.1, 0.15) is 271 Å². The number of unbranched alkanes of at least 4 members (excludes halogenated alkanes) is 33. The SMILES string of the molecule is CCCCCCCCC/C=C\CCCCCCCC(=O)OCCCCCCCCCCC/C=C\CCCCCCCC(=O)NC(CO)C(O)/C=C/CCCCCCCCC. The topological polar surface area (TPSA) is 95.9 Å². The Morgan fingerprint density at radius 3 is 1.18 bits per heavy atom. The van der Waals surface area contributed by atoms with Gasteiger partial charge in [0, 0.05) is 12.8 Å². The van der Waals surface area contributed by atoms with Crippen LogP contribution in [0.5, 0.6) is 0 Å². The molecule has 0 radical (unpaired) electrons. The van der Waals surface area contributed by atoms with Gasteiger partial charge in [0.1, 0.15) is 0 Å². The number of rotatable bonds is 48. The third kappa shape index (κ3) is 45.6. The van der Waals surface area contributed by atoms with Gasteiger partial charge in [0.25, 0.3) is 0 Å². The maximum absolute atomic E-state index is 12.4. The van der Waals surface area contributed by atoms with Crippen molar-refractivity contribution in [3.8, 4) is 0 Å². The van der Waals surface area contributed by atoms with Crippen molar-refractivity contribution < 1.29 is 24.5 Å². The van der Waals surface area contributed by atoms with E-state index in [1.807, 2.05) is 6.08 Å². The van der Waals surface area contributed by atoms with E-state index < -0.39 is 12.1 Å². The number of hydrogen-bond acceptors (Lipinski definition) is 5. The molecule has 2 atom stereocenters. The molecule has 0 aliphatic carbocycles. The fourth-order valence-corrected chi connectivity index (χ4v) is 7.80. The van der Waals surface area contributed by atoms with E-state index in [2.05, 4.69) is 43.5 Å². The maximum Gasteiger partial charge on any atom is 0.305 e. The minimum absolute atomic E-state index is 0.00614. The van der Waals surface area contributed by atoms with Gasteiger partial charge >= 0.3 is 5.97 Å². The molecule has 0 bridgehead atoms. The number of esters is 1. The molecule has 0 aromatic heterocycles. The number of aliphatic hydroxyl groups excluding tert-OH is 2. The molecule has 0 spiro atoms. The summed E-state index contributed by atoms with van der Waals surface area (Å²) in [6.45, 7) is 4.85. The zero-order valence-electron chi connectivity index (χ0n) is 39.9. The maximum atomic E-state index is 12.4. The van der Waals surface area contributed by atoms with E-state index in [9.17, 15) is 19.8 Å². The van der Waals surface area contributed by atoms with Crippen molar-refractivity contribution in [3.63, 3.8) is 0 Å². The molecule has 60 heavy (non-hydrogen) atoms. The van der Waals surface area contributed by atoms with Gasteiger partial charge in [-0.1, -0.05) is 211 Å². The highest BCUT2D eigenvalue weighted by molar-refractivity contribution is 5.76. The lowest BCUT2D eigenvalue weighted by molar-refractivity contribution is -0.143. The molecule has 0 aliphatic heterocycles. The van der Waals surface area contributed by atoms with E-state index >= 15 is 0 Å². The van der Waals surface area contributed by atoms with Crippen molar-refractivity contribution in [3.05, 3.63) is 36.5 Å². The first-order valence-corrected chi connectivity index (χ1v) is 26.3. The van der Waals surface area contributed by atoms with Gasteiger partial charge in [0.15, 0.2) is 0 Å². The highest BCUT2D eigenvalue weighted by atomic mass is 16.5. The molecule has 352 valence electrons. The van der Waals surface area contributed by atoms with Crippen LogP contribution in [0.4, 0.5) is 0 Å². The quantitative estimate of drug-likeness (QED) is 0.0322. The number of carbonyl (C=O) groups is 2. The molecule has 0 aromatic carbocycles. The van der Waals surface area contributed by atoms with E-state index in [0.29, 0.717) is 19.4 Å². The summed E-state index contributed by atoms with van der Waals surface area (Å²) in [6.07, 6.45) is 60.1. The summed E-state index contributed by atoms with van der Waals surface area (Å²) in [5, 5.41) is 22.9. The summed E-state index contributed by atoms with van der Waals surface area (Å²) < 4.78 is 5.47. The summed E-state index contributed by atoms with van der Waals surface area (Å²) in [6, 6.07) is -0.636. The van der Waals surface area contributed by atoms with Gasteiger partial charge in [-0.05, 0) is 83.5 Å². The Labute approximate surface area is 373 Å². The Balaban J connectivity index is 3.44. The molecule has 0 saturated heterocycles. The Hall–Kier alpha value is -1.92. The molecular weight excluding hydrogens is 743 g/mol. The highest BCUT2D eigenvalue weighted by Gasteiger charge is 2.18. The molecule has 0 saturated carbocycles. The second-order valence-electron chi connectivity index (χ2n) is 17.8. The Morgan fingerprint density at radius 2 is 0.783 bits per heavy atom. The van der Waals surface area contributed by atoms with Crippen LogP contribution in [0.2, 0.25) is 0 Å². The molecule has 1 amide bonds. The van der Waals surface area contributed by atoms with Crippen LogP contribution in [0.15, 0.2) is 36.5 Å². The Morgan fingerprint density at radius 1 is 0.450 bits per heavy atom. The van der Waals surface area contributed by atoms with E-state index in [0.717, 1.165) is 64.2 Å². The van der Waals surface area contributed by atoms with Gasteiger partial charge in [0.05, 0.1) is 25.4 Å². The van der Waals surface area contributed by atoms with Crippen LogP contribution in [-0.2, 0) is 14.3 Å². The Bertz CT molecular complexity index is 977. The summed E-state index contributed by atoms with van der Waals surface area (Å²) in [5.74, 6) is -0.0922. The molecule has 0 fully saturated rings. The lowest BCUT2D eigenvalue weighted by atomic mass is 10.1. The lowest BCUT2D eigenvalue weighted by Crippen LogP contribution is -2.45. The van der Waals surface area contributed by atoms with Crippen molar-refractivity contribution in [2.45, 2.75) is 283 Å². The first kappa shape index (κ1) is 58.1. The molecule has 6 heteroatoms. The number of allylic oxidation sites excluding steroid dienone is 5. The van der Waals surface area contributed by atoms with Crippen LogP contribution in [0.25, 0.3) is 0 Å². The molecule has 3 N–H and O–H groups in total. The zero-order valence-corrected chi connectivity index (χ0v) is 39.9. The van der Waals surface area contributed by atoms with Crippen molar-refractivity contribution >= 4 is 11.9 Å². The average molecular weight is 844 g/mol. The normalized spacial score (nSPS) is 12.9. The number of hydrogen-bond donors (Lipinski definition) is 3. The van der Waals surface area contributed by atoms with Crippen LogP contribution in [-0.4, -0.2) is 47.4 Å². The zero-order chi connectivity index (χ0) is 43.7. The molecule has 0 rings (SSSR count). The first-order chi connectivity index (χ1) is 29.5. The second kappa shape index (κ2) is 49.7. The summed E-state index contributed by atoms with van der Waals surface area (Å²) in [5.41, 5.74) is 0. The monoisotopic (exact) mass is 844 g/mol. The fraction of sp³-hybridized carbons (Fsp3) is 0.852. The molecule has 0 heterocycles. The van der Waals surface area contributed by atoms with E-state index in [1.165, 1.54) is 180 Å². The predicted molar refractivity (Wildman–Crippen MR) is 259 cm³/mol. The van der Waals surface area contributed by atoms with E-state index in [1.54, 1.807) is 6.08 Å². The van der Waals surface area contributed by atoms with Crippen LogP contribution >= 0.6 is 0 Å². The molecular formula is C54H101NO5. The Kier molecular flexibility index (Phi) is 48.1. The molecule has 0 aromatic rings. The van der Waals surface area contributed by atoms with E-state index in [-0.39, 0.29) is 18.5 Å². The first-order valence-electron chi connectivity index (χ1n) is 26.3. The van der Waals surface area contributed by atoms with Gasteiger partial charge in [-0.15, -0.1) is 0 Å². The predicted octanol–water partition coefficient (Wildman–Crippen LogP) is 15.7. The molecule has 2 unspecified atom stereocenters. The minimum Gasteiger partial charge on any atom is -0.466 e. The number of ether oxygens (including phenoxy) is 1.